The Bertz CT molecular complexity index is 1730. The topological polar surface area (TPSA) is 82.9 Å². The number of rotatable bonds is 4. The second kappa shape index (κ2) is 8.63. The zero-order valence-electron chi connectivity index (χ0n) is 19.2. The summed E-state index contributed by atoms with van der Waals surface area (Å²) in [6.07, 6.45) is -4.52. The average molecular weight is 492 g/mol. The highest BCUT2D eigenvalue weighted by molar-refractivity contribution is 5.78. The predicted octanol–water partition coefficient (Wildman–Crippen LogP) is 4.89. The van der Waals surface area contributed by atoms with Crippen molar-refractivity contribution in [3.8, 4) is 17.1 Å². The van der Waals surface area contributed by atoms with Gasteiger partial charge in [0.15, 0.2) is 0 Å². The van der Waals surface area contributed by atoms with Crippen LogP contribution >= 0.6 is 0 Å². The first kappa shape index (κ1) is 23.3. The minimum atomic E-state index is -4.52. The van der Waals surface area contributed by atoms with E-state index in [1.807, 2.05) is 19.1 Å². The van der Waals surface area contributed by atoms with Crippen LogP contribution in [0.5, 0.6) is 0 Å². The van der Waals surface area contributed by atoms with Crippen LogP contribution in [0, 0.1) is 13.8 Å². The predicted molar refractivity (Wildman–Crippen MR) is 127 cm³/mol. The molecular weight excluding hydrogens is 473 g/mol. The molecule has 2 heterocycles. The Morgan fingerprint density at radius 3 is 2.50 bits per heavy atom. The number of hydrogen-bond donors (Lipinski definition) is 0. The first-order valence-corrected chi connectivity index (χ1v) is 11.0. The molecule has 0 N–H and O–H groups in total. The van der Waals surface area contributed by atoms with Gasteiger partial charge >= 0.3 is 11.9 Å². The van der Waals surface area contributed by atoms with Crippen LogP contribution in [0.2, 0.25) is 0 Å². The van der Waals surface area contributed by atoms with E-state index < -0.39 is 23.0 Å². The van der Waals surface area contributed by atoms with Crippen molar-refractivity contribution in [2.45, 2.75) is 26.6 Å². The van der Waals surface area contributed by atoms with E-state index in [9.17, 15) is 22.8 Å². The van der Waals surface area contributed by atoms with Crippen LogP contribution in [0.25, 0.3) is 28.0 Å². The van der Waals surface area contributed by atoms with Gasteiger partial charge in [-0.2, -0.15) is 18.2 Å². The SMILES string of the molecule is Cc1ccc(C)c(-n2c(=O)c3ccccc3n(Cc3nc(-c4cccc(C(F)(F)F)c4)no3)c2=O)c1. The number of para-hydroxylation sites is 1. The summed E-state index contributed by atoms with van der Waals surface area (Å²) in [6.45, 7) is 3.48. The van der Waals surface area contributed by atoms with Crippen LogP contribution in [0.3, 0.4) is 0 Å². The molecule has 0 saturated heterocycles. The fourth-order valence-corrected chi connectivity index (χ4v) is 4.05. The summed E-state index contributed by atoms with van der Waals surface area (Å²) >= 11 is 0. The summed E-state index contributed by atoms with van der Waals surface area (Å²) in [5.41, 5.74) is 0.663. The van der Waals surface area contributed by atoms with Gasteiger partial charge in [0.05, 0.1) is 22.2 Å². The maximum atomic E-state index is 13.6. The van der Waals surface area contributed by atoms with E-state index in [1.54, 1.807) is 37.3 Å². The lowest BCUT2D eigenvalue weighted by Crippen LogP contribution is -2.39. The fraction of sp³-hybridized carbons (Fsp3) is 0.154. The molecule has 0 unspecified atom stereocenters. The molecule has 0 saturated carbocycles. The van der Waals surface area contributed by atoms with Crippen LogP contribution in [0.15, 0.2) is 80.8 Å². The molecule has 3 aromatic carbocycles. The number of alkyl halides is 3. The number of benzene rings is 3. The van der Waals surface area contributed by atoms with E-state index in [0.717, 1.165) is 27.8 Å². The van der Waals surface area contributed by atoms with Crippen LogP contribution in [0.1, 0.15) is 22.6 Å². The third-order valence-corrected chi connectivity index (χ3v) is 5.87. The highest BCUT2D eigenvalue weighted by atomic mass is 19.4. The third kappa shape index (κ3) is 4.10. The molecule has 36 heavy (non-hydrogen) atoms. The molecular formula is C26H19F3N4O3. The summed E-state index contributed by atoms with van der Waals surface area (Å²) in [5.74, 6) is -0.0443. The fourth-order valence-electron chi connectivity index (χ4n) is 4.05. The minimum absolute atomic E-state index is 0.000767. The summed E-state index contributed by atoms with van der Waals surface area (Å²) in [7, 11) is 0. The van der Waals surface area contributed by atoms with Crippen molar-refractivity contribution in [3.63, 3.8) is 0 Å². The van der Waals surface area contributed by atoms with Gasteiger partial charge in [-0.05, 0) is 55.3 Å². The first-order valence-electron chi connectivity index (χ1n) is 11.0. The molecule has 0 aliphatic rings. The maximum absolute atomic E-state index is 13.6. The van der Waals surface area contributed by atoms with Crippen molar-refractivity contribution in [2.75, 3.05) is 0 Å². The summed E-state index contributed by atoms with van der Waals surface area (Å²) in [5, 5.41) is 4.12. The molecule has 7 nitrogen and oxygen atoms in total. The Morgan fingerprint density at radius 2 is 1.72 bits per heavy atom. The summed E-state index contributed by atoms with van der Waals surface area (Å²) in [6, 6.07) is 16.7. The molecule has 0 amide bonds. The second-order valence-corrected chi connectivity index (χ2v) is 8.41. The Kier molecular flexibility index (Phi) is 5.58. The van der Waals surface area contributed by atoms with Gasteiger partial charge in [0.1, 0.15) is 6.54 Å². The number of hydrogen-bond acceptors (Lipinski definition) is 5. The lowest BCUT2D eigenvalue weighted by molar-refractivity contribution is -0.137. The number of nitrogens with zero attached hydrogens (tertiary/aromatic N) is 4. The highest BCUT2D eigenvalue weighted by Crippen LogP contribution is 2.31. The molecule has 10 heteroatoms. The molecule has 182 valence electrons. The lowest BCUT2D eigenvalue weighted by atomic mass is 10.1. The standard InChI is InChI=1S/C26H19F3N4O3/c1-15-10-11-16(2)21(12-15)33-24(34)19-8-3-4-9-20(19)32(25(33)35)14-22-30-23(31-36-22)17-6-5-7-18(13-17)26(27,28)29/h3-13H,14H2,1-2H3. The van der Waals surface area contributed by atoms with E-state index >= 15 is 0 Å². The Morgan fingerprint density at radius 1 is 0.944 bits per heavy atom. The van der Waals surface area contributed by atoms with E-state index in [-0.39, 0.29) is 23.8 Å². The molecule has 0 fully saturated rings. The van der Waals surface area contributed by atoms with Gasteiger partial charge in [-0.25, -0.2) is 9.36 Å². The van der Waals surface area contributed by atoms with E-state index in [4.69, 9.17) is 4.52 Å². The van der Waals surface area contributed by atoms with E-state index in [1.165, 1.54) is 16.7 Å². The van der Waals surface area contributed by atoms with Gasteiger partial charge in [-0.15, -0.1) is 0 Å². The summed E-state index contributed by atoms with van der Waals surface area (Å²) in [4.78, 5) is 31.2. The average Bonchev–Trinajstić information content (AvgIpc) is 3.32. The number of fused-ring (bicyclic) bond motifs is 1. The number of aromatic nitrogens is 4. The minimum Gasteiger partial charge on any atom is -0.337 e. The second-order valence-electron chi connectivity index (χ2n) is 8.41. The van der Waals surface area contributed by atoms with Gasteiger partial charge in [-0.3, -0.25) is 9.36 Å². The van der Waals surface area contributed by atoms with Gasteiger partial charge < -0.3 is 4.52 Å². The normalized spacial score (nSPS) is 11.8. The lowest BCUT2D eigenvalue weighted by Gasteiger charge is -2.14. The third-order valence-electron chi connectivity index (χ3n) is 5.87. The molecule has 0 atom stereocenters. The Labute approximate surface area is 202 Å². The highest BCUT2D eigenvalue weighted by Gasteiger charge is 2.31. The van der Waals surface area contributed by atoms with Crippen LogP contribution in [-0.2, 0) is 12.7 Å². The van der Waals surface area contributed by atoms with Gasteiger partial charge in [-0.1, -0.05) is 41.6 Å². The van der Waals surface area contributed by atoms with E-state index in [0.29, 0.717) is 16.6 Å². The Balaban J connectivity index is 1.64. The molecule has 0 aliphatic heterocycles. The van der Waals surface area contributed by atoms with Gasteiger partial charge in [0, 0.05) is 5.56 Å². The van der Waals surface area contributed by atoms with Crippen LogP contribution < -0.4 is 11.2 Å². The quantitative estimate of drug-likeness (QED) is 0.357. The number of aryl methyl sites for hydroxylation is 2. The van der Waals surface area contributed by atoms with Crippen molar-refractivity contribution in [2.24, 2.45) is 0 Å². The van der Waals surface area contributed by atoms with Crippen LogP contribution in [-0.4, -0.2) is 19.3 Å². The van der Waals surface area contributed by atoms with Crippen LogP contribution in [0.4, 0.5) is 13.2 Å². The van der Waals surface area contributed by atoms with Crippen molar-refractivity contribution >= 4 is 10.9 Å². The molecule has 5 rings (SSSR count). The smallest absolute Gasteiger partial charge is 0.337 e. The first-order chi connectivity index (χ1) is 17.1. The molecule has 0 bridgehead atoms. The van der Waals surface area contributed by atoms with Gasteiger partial charge in [0.2, 0.25) is 11.7 Å². The van der Waals surface area contributed by atoms with Crippen molar-refractivity contribution in [3.05, 3.63) is 110 Å². The zero-order chi connectivity index (χ0) is 25.6. The van der Waals surface area contributed by atoms with Crippen molar-refractivity contribution in [1.82, 2.24) is 19.3 Å². The molecule has 2 aromatic heterocycles. The van der Waals surface area contributed by atoms with Crippen molar-refractivity contribution in [1.29, 1.82) is 0 Å². The number of halogens is 3. The van der Waals surface area contributed by atoms with Crippen molar-refractivity contribution < 1.29 is 17.7 Å². The Hall–Kier alpha value is -4.47. The van der Waals surface area contributed by atoms with Gasteiger partial charge in [0.25, 0.3) is 5.56 Å². The largest absolute Gasteiger partial charge is 0.416 e. The molecule has 5 aromatic rings. The molecule has 0 aliphatic carbocycles. The van der Waals surface area contributed by atoms with E-state index in [2.05, 4.69) is 10.1 Å². The summed E-state index contributed by atoms with van der Waals surface area (Å²) < 4.78 is 47.0. The molecule has 0 spiro atoms. The molecule has 0 radical (unpaired) electrons. The zero-order valence-corrected chi connectivity index (χ0v) is 19.2. The maximum Gasteiger partial charge on any atom is 0.416 e. The monoisotopic (exact) mass is 492 g/mol.